The lowest BCUT2D eigenvalue weighted by atomic mass is 9.84. The molecule has 5 heterocycles. The van der Waals surface area contributed by atoms with Gasteiger partial charge in [0.15, 0.2) is 0 Å². The van der Waals surface area contributed by atoms with E-state index in [1.54, 1.807) is 24.0 Å². The number of rotatable bonds is 5. The highest BCUT2D eigenvalue weighted by molar-refractivity contribution is 5.93. The first-order valence-corrected chi connectivity index (χ1v) is 11.2. The van der Waals surface area contributed by atoms with E-state index in [4.69, 9.17) is 0 Å². The van der Waals surface area contributed by atoms with Crippen molar-refractivity contribution in [3.63, 3.8) is 0 Å². The number of piperidine rings is 3. The van der Waals surface area contributed by atoms with Crippen LogP contribution in [0.25, 0.3) is 11.4 Å². The Bertz CT molecular complexity index is 1130. The molecule has 6 rings (SSSR count). The number of fused-ring (bicyclic) bond motifs is 3. The number of carbonyl (C=O) groups is 1. The number of anilines is 2. The van der Waals surface area contributed by atoms with Crippen LogP contribution in [0.15, 0.2) is 36.5 Å². The fourth-order valence-corrected chi connectivity index (χ4v) is 4.91. The van der Waals surface area contributed by atoms with Crippen LogP contribution in [0.1, 0.15) is 34.5 Å². The van der Waals surface area contributed by atoms with E-state index >= 15 is 0 Å². The highest BCUT2D eigenvalue weighted by Crippen LogP contribution is 2.28. The molecule has 3 aliphatic rings. The van der Waals surface area contributed by atoms with Crippen molar-refractivity contribution in [2.24, 2.45) is 13.0 Å². The summed E-state index contributed by atoms with van der Waals surface area (Å²) in [5.41, 5.74) is 5.15. The van der Waals surface area contributed by atoms with Gasteiger partial charge >= 0.3 is 0 Å². The third kappa shape index (κ3) is 4.23. The summed E-state index contributed by atoms with van der Waals surface area (Å²) in [4.78, 5) is 24.4. The molecule has 1 unspecified atom stereocenters. The second-order valence-corrected chi connectivity index (χ2v) is 9.02. The molecule has 0 aliphatic carbocycles. The lowest BCUT2D eigenvalue weighted by Gasteiger charge is -2.44. The molecule has 1 atom stereocenters. The molecule has 3 aliphatic heterocycles. The summed E-state index contributed by atoms with van der Waals surface area (Å²) >= 11 is 0. The Morgan fingerprint density at radius 2 is 1.81 bits per heavy atom. The standard InChI is InChI=1S/C24H29N7O/c1-15-10-16(2)12-18(11-15)26-24-25-7-4-19(28-24)20-13-22(30(3)29-20)23(32)27-21-14-31-8-5-17(21)6-9-31/h4,7,10-13,17,21H,5-6,8-9,14H2,1-3H3,(H,27,32)(H,25,26,28). The summed E-state index contributed by atoms with van der Waals surface area (Å²) < 4.78 is 1.63. The number of amides is 1. The van der Waals surface area contributed by atoms with E-state index < -0.39 is 0 Å². The molecular weight excluding hydrogens is 402 g/mol. The van der Waals surface area contributed by atoms with Gasteiger partial charge in [-0.2, -0.15) is 5.10 Å². The predicted molar refractivity (Wildman–Crippen MR) is 124 cm³/mol. The minimum absolute atomic E-state index is 0.0763. The van der Waals surface area contributed by atoms with Gasteiger partial charge in [-0.05, 0) is 81.1 Å². The predicted octanol–water partition coefficient (Wildman–Crippen LogP) is 3.06. The lowest BCUT2D eigenvalue weighted by molar-refractivity contribution is 0.0615. The fraction of sp³-hybridized carbons (Fsp3) is 0.417. The number of carbonyl (C=O) groups excluding carboxylic acids is 1. The quantitative estimate of drug-likeness (QED) is 0.646. The van der Waals surface area contributed by atoms with Crippen LogP contribution in [0, 0.1) is 19.8 Å². The van der Waals surface area contributed by atoms with Crippen LogP contribution in [-0.4, -0.2) is 56.2 Å². The normalized spacial score (nSPS) is 22.0. The third-order valence-corrected chi connectivity index (χ3v) is 6.48. The van der Waals surface area contributed by atoms with Gasteiger partial charge in [0.05, 0.1) is 5.69 Å². The molecule has 0 spiro atoms. The zero-order valence-corrected chi connectivity index (χ0v) is 18.8. The van der Waals surface area contributed by atoms with E-state index in [2.05, 4.69) is 62.6 Å². The molecule has 166 valence electrons. The van der Waals surface area contributed by atoms with Crippen LogP contribution in [-0.2, 0) is 7.05 Å². The van der Waals surface area contributed by atoms with Crippen molar-refractivity contribution in [3.8, 4) is 11.4 Å². The molecule has 1 amide bonds. The Morgan fingerprint density at radius 3 is 2.50 bits per heavy atom. The number of aryl methyl sites for hydroxylation is 3. The average molecular weight is 432 g/mol. The van der Waals surface area contributed by atoms with Gasteiger partial charge in [0.2, 0.25) is 5.95 Å². The van der Waals surface area contributed by atoms with Gasteiger partial charge in [0, 0.05) is 31.5 Å². The number of nitrogens with zero attached hydrogens (tertiary/aromatic N) is 5. The Hall–Kier alpha value is -3.26. The van der Waals surface area contributed by atoms with E-state index in [-0.39, 0.29) is 11.9 Å². The highest BCUT2D eigenvalue weighted by Gasteiger charge is 2.35. The van der Waals surface area contributed by atoms with E-state index in [0.29, 0.717) is 28.9 Å². The second kappa shape index (κ2) is 8.35. The Morgan fingerprint density at radius 1 is 1.06 bits per heavy atom. The van der Waals surface area contributed by atoms with E-state index in [1.807, 2.05) is 6.07 Å². The Kier molecular flexibility index (Phi) is 5.38. The maximum Gasteiger partial charge on any atom is 0.269 e. The summed E-state index contributed by atoms with van der Waals surface area (Å²) in [5, 5.41) is 11.1. The highest BCUT2D eigenvalue weighted by atomic mass is 16.2. The van der Waals surface area contributed by atoms with Crippen LogP contribution < -0.4 is 10.6 Å². The molecule has 3 aromatic rings. The van der Waals surface area contributed by atoms with E-state index in [1.165, 1.54) is 24.0 Å². The van der Waals surface area contributed by atoms with Crippen LogP contribution >= 0.6 is 0 Å². The number of hydrogen-bond acceptors (Lipinski definition) is 6. The fourth-order valence-electron chi connectivity index (χ4n) is 4.91. The van der Waals surface area contributed by atoms with E-state index in [9.17, 15) is 4.79 Å². The maximum atomic E-state index is 13.0. The van der Waals surface area contributed by atoms with Gasteiger partial charge in [0.1, 0.15) is 11.4 Å². The molecule has 3 saturated heterocycles. The molecule has 2 bridgehead atoms. The first-order chi connectivity index (χ1) is 15.4. The van der Waals surface area contributed by atoms with Crippen LogP contribution in [0.4, 0.5) is 11.6 Å². The largest absolute Gasteiger partial charge is 0.346 e. The summed E-state index contributed by atoms with van der Waals surface area (Å²) in [7, 11) is 1.80. The molecule has 8 heteroatoms. The SMILES string of the molecule is Cc1cc(C)cc(Nc2nccc(-c3cc(C(=O)NC4CN5CCC4CC5)n(C)n3)n2)c1. The lowest BCUT2D eigenvalue weighted by Crippen LogP contribution is -2.57. The second-order valence-electron chi connectivity index (χ2n) is 9.02. The number of benzene rings is 1. The molecule has 0 radical (unpaired) electrons. The first kappa shape index (κ1) is 20.6. The molecule has 2 aromatic heterocycles. The van der Waals surface area contributed by atoms with Gasteiger partial charge in [-0.1, -0.05) is 6.07 Å². The zero-order chi connectivity index (χ0) is 22.2. The van der Waals surface area contributed by atoms with Crippen LogP contribution in [0.3, 0.4) is 0 Å². The van der Waals surface area contributed by atoms with Crippen molar-refractivity contribution in [2.75, 3.05) is 25.0 Å². The smallest absolute Gasteiger partial charge is 0.269 e. The topological polar surface area (TPSA) is 88.0 Å². The molecule has 8 nitrogen and oxygen atoms in total. The van der Waals surface area contributed by atoms with Crippen LogP contribution in [0.2, 0.25) is 0 Å². The van der Waals surface area contributed by atoms with Crippen molar-refractivity contribution in [2.45, 2.75) is 32.7 Å². The van der Waals surface area contributed by atoms with Crippen molar-refractivity contribution in [1.29, 1.82) is 0 Å². The first-order valence-electron chi connectivity index (χ1n) is 11.2. The molecular formula is C24H29N7O. The summed E-state index contributed by atoms with van der Waals surface area (Å²) in [5.74, 6) is 1.00. The molecule has 32 heavy (non-hydrogen) atoms. The molecule has 2 N–H and O–H groups in total. The van der Waals surface area contributed by atoms with Crippen molar-refractivity contribution in [1.82, 2.24) is 30.0 Å². The zero-order valence-electron chi connectivity index (χ0n) is 18.8. The van der Waals surface area contributed by atoms with Crippen molar-refractivity contribution >= 4 is 17.5 Å². The Labute approximate surface area is 188 Å². The molecule has 1 aromatic carbocycles. The number of aromatic nitrogens is 4. The van der Waals surface area contributed by atoms with Gasteiger partial charge in [0.25, 0.3) is 5.91 Å². The van der Waals surface area contributed by atoms with Gasteiger partial charge in [-0.25, -0.2) is 9.97 Å². The Balaban J connectivity index is 1.33. The van der Waals surface area contributed by atoms with Crippen molar-refractivity contribution < 1.29 is 4.79 Å². The third-order valence-electron chi connectivity index (χ3n) is 6.48. The summed E-state index contributed by atoms with van der Waals surface area (Å²) in [6.07, 6.45) is 4.03. The van der Waals surface area contributed by atoms with Crippen LogP contribution in [0.5, 0.6) is 0 Å². The summed E-state index contributed by atoms with van der Waals surface area (Å²) in [6.45, 7) is 7.37. The van der Waals surface area contributed by atoms with Gasteiger partial charge in [-0.15, -0.1) is 0 Å². The molecule has 0 saturated carbocycles. The minimum atomic E-state index is -0.0763. The van der Waals surface area contributed by atoms with E-state index in [0.717, 1.165) is 25.3 Å². The number of hydrogen-bond donors (Lipinski definition) is 2. The number of nitrogens with one attached hydrogen (secondary N) is 2. The average Bonchev–Trinajstić information content (AvgIpc) is 3.16. The van der Waals surface area contributed by atoms with Gasteiger partial charge < -0.3 is 15.5 Å². The van der Waals surface area contributed by atoms with Gasteiger partial charge in [-0.3, -0.25) is 9.48 Å². The molecule has 3 fully saturated rings. The monoisotopic (exact) mass is 431 g/mol. The van der Waals surface area contributed by atoms with Crippen molar-refractivity contribution in [3.05, 3.63) is 53.3 Å². The summed E-state index contributed by atoms with van der Waals surface area (Å²) in [6, 6.07) is 10.1. The minimum Gasteiger partial charge on any atom is -0.346 e. The maximum absolute atomic E-state index is 13.0.